The largest absolute Gasteiger partial charge is 0.756 e. The van der Waals surface area contributed by atoms with Crippen molar-refractivity contribution in [2.75, 3.05) is 40.9 Å². The van der Waals surface area contributed by atoms with Crippen LogP contribution in [-0.4, -0.2) is 69.4 Å². The normalized spacial score (nSPS) is 14.2. The van der Waals surface area contributed by atoms with Gasteiger partial charge in [0, 0.05) is 12.8 Å². The number of quaternary nitrogens is 1. The topological polar surface area (TPSA) is 114 Å². The van der Waals surface area contributed by atoms with Gasteiger partial charge >= 0.3 is 5.97 Å². The van der Waals surface area contributed by atoms with Crippen LogP contribution in [0.5, 0.6) is 0 Å². The second-order valence-corrected chi connectivity index (χ2v) is 23.6. The second-order valence-electron chi connectivity index (χ2n) is 22.2. The quantitative estimate of drug-likeness (QED) is 0.0212. The van der Waals surface area contributed by atoms with Crippen molar-refractivity contribution in [2.24, 2.45) is 0 Å². The highest BCUT2D eigenvalue weighted by molar-refractivity contribution is 7.45. The zero-order chi connectivity index (χ0) is 55.0. The summed E-state index contributed by atoms with van der Waals surface area (Å²) in [5, 5.41) is 3.02. The van der Waals surface area contributed by atoms with Gasteiger partial charge in [0.2, 0.25) is 5.91 Å². The van der Waals surface area contributed by atoms with Gasteiger partial charge < -0.3 is 28.5 Å². The number of phosphoric acid groups is 1. The first-order chi connectivity index (χ1) is 36.4. The Kier molecular flexibility index (Phi) is 52.9. The van der Waals surface area contributed by atoms with Gasteiger partial charge in [0.05, 0.1) is 33.8 Å². The summed E-state index contributed by atoms with van der Waals surface area (Å²) in [6.45, 7) is 6.78. The van der Waals surface area contributed by atoms with Gasteiger partial charge in [-0.25, -0.2) is 0 Å². The monoisotopic (exact) mass is 1070 g/mol. The molecule has 9 nitrogen and oxygen atoms in total. The Hall–Kier alpha value is -2.55. The predicted octanol–water partition coefficient (Wildman–Crippen LogP) is 18.6. The highest BCUT2D eigenvalue weighted by Crippen LogP contribution is 2.38. The standard InChI is InChI=1S/C65H119N2O7P/c1-7-10-13-16-19-22-25-28-30-32-33-35-37-40-43-46-49-52-55-58-65(69)74-63(56-53-50-47-44-41-38-27-24-21-18-15-12-9-3)62(61-73-75(70,71)72-60-59-67(4,5)6)66-64(68)57-54-51-48-45-42-39-36-34-31-29-26-23-20-17-14-11-8-2/h19-20,22-23,28-31,36,39,53,56,62-63H,7-18,21,24-27,32-35,37-38,40-52,54-55,57-61H2,1-6H3,(H-,66,68,70,71)/b22-19-,23-20-,30-28-,31-29-,39-36-,56-53+. The molecule has 0 rings (SSSR count). The predicted molar refractivity (Wildman–Crippen MR) is 321 cm³/mol. The van der Waals surface area contributed by atoms with E-state index in [1.807, 2.05) is 33.3 Å². The van der Waals surface area contributed by atoms with Crippen LogP contribution in [0.3, 0.4) is 0 Å². The van der Waals surface area contributed by atoms with Crippen LogP contribution >= 0.6 is 7.82 Å². The van der Waals surface area contributed by atoms with E-state index in [0.29, 0.717) is 17.4 Å². The minimum atomic E-state index is -4.71. The van der Waals surface area contributed by atoms with E-state index in [0.717, 1.165) is 96.3 Å². The lowest BCUT2D eigenvalue weighted by Gasteiger charge is -2.30. The van der Waals surface area contributed by atoms with Crippen molar-refractivity contribution in [2.45, 2.75) is 290 Å². The lowest BCUT2D eigenvalue weighted by molar-refractivity contribution is -0.870. The van der Waals surface area contributed by atoms with Crippen LogP contribution in [0.25, 0.3) is 0 Å². The van der Waals surface area contributed by atoms with Gasteiger partial charge in [0.15, 0.2) is 0 Å². The highest BCUT2D eigenvalue weighted by Gasteiger charge is 2.27. The third-order valence-electron chi connectivity index (χ3n) is 13.6. The molecule has 3 unspecified atom stereocenters. The van der Waals surface area contributed by atoms with E-state index < -0.39 is 26.6 Å². The molecule has 1 N–H and O–H groups in total. The number of nitrogens with zero attached hydrogens (tertiary/aromatic N) is 1. The third-order valence-corrected chi connectivity index (χ3v) is 14.6. The number of unbranched alkanes of at least 4 members (excludes halogenated alkanes) is 30. The molecule has 0 spiro atoms. The van der Waals surface area contributed by atoms with Crippen molar-refractivity contribution in [3.63, 3.8) is 0 Å². The van der Waals surface area contributed by atoms with Gasteiger partial charge in [-0.05, 0) is 102 Å². The molecule has 0 aliphatic carbocycles. The molecule has 0 heterocycles. The number of esters is 1. The summed E-state index contributed by atoms with van der Waals surface area (Å²) in [5.41, 5.74) is 0. The molecule has 0 aromatic rings. The van der Waals surface area contributed by atoms with E-state index in [1.54, 1.807) is 0 Å². The van der Waals surface area contributed by atoms with E-state index in [4.69, 9.17) is 13.8 Å². The summed E-state index contributed by atoms with van der Waals surface area (Å²) in [4.78, 5) is 40.0. The van der Waals surface area contributed by atoms with Crippen molar-refractivity contribution in [3.05, 3.63) is 72.9 Å². The summed E-state index contributed by atoms with van der Waals surface area (Å²) in [6, 6.07) is -0.904. The van der Waals surface area contributed by atoms with E-state index in [9.17, 15) is 19.0 Å². The Balaban J connectivity index is 5.33. The summed E-state index contributed by atoms with van der Waals surface area (Å²) in [6.07, 6.45) is 70.0. The van der Waals surface area contributed by atoms with Crippen molar-refractivity contribution in [1.82, 2.24) is 5.32 Å². The first kappa shape index (κ1) is 72.5. The molecular formula is C65H119N2O7P. The first-order valence-corrected chi connectivity index (χ1v) is 32.7. The molecule has 0 saturated heterocycles. The van der Waals surface area contributed by atoms with E-state index in [1.165, 1.54) is 141 Å². The molecule has 0 bridgehead atoms. The van der Waals surface area contributed by atoms with Gasteiger partial charge in [-0.1, -0.05) is 235 Å². The van der Waals surface area contributed by atoms with Gasteiger partial charge in [-0.2, -0.15) is 0 Å². The molecule has 10 heteroatoms. The lowest BCUT2D eigenvalue weighted by atomic mass is 10.0. The smallest absolute Gasteiger partial charge is 0.306 e. The third kappa shape index (κ3) is 56.0. The summed E-state index contributed by atoms with van der Waals surface area (Å²) >= 11 is 0. The van der Waals surface area contributed by atoms with Crippen LogP contribution in [0, 0.1) is 0 Å². The number of hydrogen-bond donors (Lipinski definition) is 1. The second kappa shape index (κ2) is 54.8. The fourth-order valence-corrected chi connectivity index (χ4v) is 9.46. The number of phosphoric ester groups is 1. The number of allylic oxidation sites excluding steroid dienone is 11. The highest BCUT2D eigenvalue weighted by atomic mass is 31.2. The zero-order valence-electron chi connectivity index (χ0n) is 49.7. The van der Waals surface area contributed by atoms with Crippen LogP contribution in [-0.2, 0) is 27.9 Å². The minimum Gasteiger partial charge on any atom is -0.756 e. The average Bonchev–Trinajstić information content (AvgIpc) is 3.37. The number of amides is 1. The lowest BCUT2D eigenvalue weighted by Crippen LogP contribution is -2.47. The molecule has 436 valence electrons. The SMILES string of the molecule is CCCCC/C=C\C/C=C\C/C=C\CCCCCCC(=O)NC(COP(=O)([O-])OCC[N+](C)(C)C)C(/C=C/CCCCCCCCCCCCC)OC(=O)CCCCCCCCCCC/C=C\C/C=C\CCCCC. The molecule has 0 aliphatic heterocycles. The van der Waals surface area contributed by atoms with Crippen LogP contribution < -0.4 is 10.2 Å². The van der Waals surface area contributed by atoms with Gasteiger partial charge in [-0.15, -0.1) is 0 Å². The number of ether oxygens (including phenoxy) is 1. The maximum atomic E-state index is 13.5. The van der Waals surface area contributed by atoms with Crippen LogP contribution in [0.15, 0.2) is 72.9 Å². The Morgan fingerprint density at radius 1 is 0.467 bits per heavy atom. The van der Waals surface area contributed by atoms with Crippen LogP contribution in [0.1, 0.15) is 278 Å². The van der Waals surface area contributed by atoms with Crippen LogP contribution in [0.2, 0.25) is 0 Å². The molecule has 75 heavy (non-hydrogen) atoms. The molecule has 1 amide bonds. The number of carbonyl (C=O) groups is 2. The van der Waals surface area contributed by atoms with Crippen LogP contribution in [0.4, 0.5) is 0 Å². The van der Waals surface area contributed by atoms with E-state index in [-0.39, 0.29) is 31.3 Å². The maximum Gasteiger partial charge on any atom is 0.306 e. The van der Waals surface area contributed by atoms with Gasteiger partial charge in [-0.3, -0.25) is 14.2 Å². The average molecular weight is 1070 g/mol. The fraction of sp³-hybridized carbons (Fsp3) is 0.785. The molecule has 0 aliphatic rings. The molecule has 0 saturated carbocycles. The number of hydrogen-bond acceptors (Lipinski definition) is 7. The summed E-state index contributed by atoms with van der Waals surface area (Å²) in [7, 11) is 1.16. The number of nitrogens with one attached hydrogen (secondary N) is 1. The summed E-state index contributed by atoms with van der Waals surface area (Å²) < 4.78 is 30.3. The van der Waals surface area contributed by atoms with Gasteiger partial charge in [0.1, 0.15) is 19.3 Å². The number of carbonyl (C=O) groups excluding carboxylic acids is 2. The molecule has 3 atom stereocenters. The molecule has 0 fully saturated rings. The number of likely N-dealkylation sites (N-methyl/N-ethyl adjacent to an activating group) is 1. The summed E-state index contributed by atoms with van der Waals surface area (Å²) in [5.74, 6) is -0.568. The number of rotatable bonds is 56. The van der Waals surface area contributed by atoms with Crippen molar-refractivity contribution in [1.29, 1.82) is 0 Å². The molecular weight excluding hydrogens is 952 g/mol. The van der Waals surface area contributed by atoms with Crippen molar-refractivity contribution in [3.8, 4) is 0 Å². The maximum absolute atomic E-state index is 13.5. The van der Waals surface area contributed by atoms with Crippen molar-refractivity contribution >= 4 is 19.7 Å². The first-order valence-electron chi connectivity index (χ1n) is 31.2. The zero-order valence-corrected chi connectivity index (χ0v) is 50.6. The Morgan fingerprint density at radius 3 is 1.24 bits per heavy atom. The Bertz CT molecular complexity index is 1510. The van der Waals surface area contributed by atoms with Crippen molar-refractivity contribution < 1.29 is 37.3 Å². The van der Waals surface area contributed by atoms with Gasteiger partial charge in [0.25, 0.3) is 7.82 Å². The Labute approximate surface area is 463 Å². The van der Waals surface area contributed by atoms with E-state index >= 15 is 0 Å². The van der Waals surface area contributed by atoms with E-state index in [2.05, 4.69) is 86.8 Å². The molecule has 0 aromatic carbocycles. The fourth-order valence-electron chi connectivity index (χ4n) is 8.74. The Morgan fingerprint density at radius 2 is 0.813 bits per heavy atom. The minimum absolute atomic E-state index is 0.0296. The molecule has 0 aromatic heterocycles. The molecule has 0 radical (unpaired) electrons.